The summed E-state index contributed by atoms with van der Waals surface area (Å²) in [5.41, 5.74) is 7.37. The molecule has 0 fully saturated rings. The first-order chi connectivity index (χ1) is 9.03. The van der Waals surface area contributed by atoms with E-state index >= 15 is 0 Å². The van der Waals surface area contributed by atoms with Gasteiger partial charge in [-0.05, 0) is 11.1 Å². The van der Waals surface area contributed by atoms with Gasteiger partial charge in [0, 0.05) is 6.54 Å². The van der Waals surface area contributed by atoms with E-state index in [0.29, 0.717) is 0 Å². The van der Waals surface area contributed by atoms with E-state index in [2.05, 4.69) is 48.5 Å². The van der Waals surface area contributed by atoms with Crippen LogP contribution < -0.4 is 5.73 Å². The fourth-order valence-corrected chi connectivity index (χ4v) is 1.77. The molecule has 5 heteroatoms. The lowest BCUT2D eigenvalue weighted by Crippen LogP contribution is -2.04. The average molecular weight is 279 g/mol. The van der Waals surface area contributed by atoms with Crippen molar-refractivity contribution in [3.05, 3.63) is 60.7 Å². The number of hydrogen-bond acceptors (Lipinski definition) is 2. The van der Waals surface area contributed by atoms with Crippen LogP contribution in [0.4, 0.5) is 0 Å². The number of rotatable bonds is 3. The molecule has 0 radical (unpaired) electrons. The number of benzene rings is 2. The minimum absolute atomic E-state index is 0.0459. The molecule has 0 saturated heterocycles. The quantitative estimate of drug-likeness (QED) is 0.754. The first kappa shape index (κ1) is 15.6. The lowest BCUT2D eigenvalue weighted by Gasteiger charge is -1.98. The van der Waals surface area contributed by atoms with Crippen molar-refractivity contribution in [2.45, 2.75) is 0 Å². The molecule has 0 bridgehead atoms. The highest BCUT2D eigenvalue weighted by Crippen LogP contribution is 2.32. The highest BCUT2D eigenvalue weighted by molar-refractivity contribution is 7.51. The molecular weight excluding hydrogens is 261 g/mol. The van der Waals surface area contributed by atoms with Crippen LogP contribution in [0.1, 0.15) is 0 Å². The first-order valence-corrected chi connectivity index (χ1v) is 7.68. The Morgan fingerprint density at radius 1 is 0.842 bits per heavy atom. The predicted octanol–water partition coefficient (Wildman–Crippen LogP) is 2.48. The zero-order valence-electron chi connectivity index (χ0n) is 10.5. The van der Waals surface area contributed by atoms with Crippen LogP contribution in [0.2, 0.25) is 0 Å². The smallest absolute Gasteiger partial charge is 0.326 e. The highest BCUT2D eigenvalue weighted by Gasteiger charge is 2.08. The summed E-state index contributed by atoms with van der Waals surface area (Å²) in [6.45, 7) is 0.0459. The van der Waals surface area contributed by atoms with E-state index in [4.69, 9.17) is 15.5 Å². The molecule has 4 nitrogen and oxygen atoms in total. The van der Waals surface area contributed by atoms with Crippen LogP contribution in [-0.2, 0) is 4.57 Å². The van der Waals surface area contributed by atoms with Crippen molar-refractivity contribution in [1.82, 2.24) is 0 Å². The van der Waals surface area contributed by atoms with Gasteiger partial charge < -0.3 is 15.5 Å². The third kappa shape index (κ3) is 6.89. The van der Waals surface area contributed by atoms with E-state index in [1.54, 1.807) is 0 Å². The van der Waals surface area contributed by atoms with Crippen LogP contribution in [-0.4, -0.2) is 22.5 Å². The van der Waals surface area contributed by atoms with Crippen LogP contribution in [0.15, 0.2) is 60.7 Å². The fourth-order valence-electron chi connectivity index (χ4n) is 1.43. The van der Waals surface area contributed by atoms with Crippen molar-refractivity contribution in [3.8, 4) is 11.1 Å². The maximum absolute atomic E-state index is 9.85. The number of hydrogen-bond donors (Lipinski definition) is 3. The standard InChI is InChI=1S/C12H10.C2H8NO3P/c1-3-7-11(8-4-1)12-9-5-2-6-10-12;3-1-2-7(4,5)6/h1-10H;1-3H2,(H2,4,5,6). The Bertz CT molecular complexity index is 473. The van der Waals surface area contributed by atoms with Gasteiger partial charge in [-0.3, -0.25) is 4.57 Å². The van der Waals surface area contributed by atoms with Crippen molar-refractivity contribution in [1.29, 1.82) is 0 Å². The number of nitrogens with two attached hydrogens (primary N) is 1. The van der Waals surface area contributed by atoms with Gasteiger partial charge in [0.1, 0.15) is 0 Å². The van der Waals surface area contributed by atoms with E-state index < -0.39 is 7.60 Å². The molecule has 0 unspecified atom stereocenters. The zero-order valence-corrected chi connectivity index (χ0v) is 11.4. The van der Waals surface area contributed by atoms with Crippen molar-refractivity contribution >= 4 is 7.60 Å². The van der Waals surface area contributed by atoms with Crippen LogP contribution in [0, 0.1) is 0 Å². The van der Waals surface area contributed by atoms with Crippen LogP contribution in [0.3, 0.4) is 0 Å². The second kappa shape index (κ2) is 7.87. The molecule has 0 saturated carbocycles. The summed E-state index contributed by atoms with van der Waals surface area (Å²) in [5.74, 6) is 0. The Kier molecular flexibility index (Phi) is 6.46. The lowest BCUT2D eigenvalue weighted by atomic mass is 10.1. The summed E-state index contributed by atoms with van der Waals surface area (Å²) in [4.78, 5) is 16.1. The molecular formula is C14H18NO3P. The molecule has 2 aromatic rings. The summed E-state index contributed by atoms with van der Waals surface area (Å²) < 4.78 is 9.85. The predicted molar refractivity (Wildman–Crippen MR) is 77.8 cm³/mol. The van der Waals surface area contributed by atoms with E-state index in [0.717, 1.165) is 0 Å². The van der Waals surface area contributed by atoms with Crippen molar-refractivity contribution in [3.63, 3.8) is 0 Å². The molecule has 0 aliphatic carbocycles. The molecule has 4 N–H and O–H groups in total. The highest BCUT2D eigenvalue weighted by atomic mass is 31.2. The third-order valence-electron chi connectivity index (χ3n) is 2.30. The summed E-state index contributed by atoms with van der Waals surface area (Å²) in [7, 11) is -3.79. The van der Waals surface area contributed by atoms with Gasteiger partial charge in [0.15, 0.2) is 0 Å². The average Bonchev–Trinajstić information content (AvgIpc) is 2.40. The summed E-state index contributed by atoms with van der Waals surface area (Å²) in [6, 6.07) is 20.8. The Labute approximate surface area is 113 Å². The Morgan fingerprint density at radius 2 is 1.21 bits per heavy atom. The zero-order chi connectivity index (χ0) is 14.1. The largest absolute Gasteiger partial charge is 0.330 e. The molecule has 0 aliphatic rings. The van der Waals surface area contributed by atoms with Crippen molar-refractivity contribution in [2.75, 3.05) is 12.7 Å². The molecule has 0 aliphatic heterocycles. The van der Waals surface area contributed by atoms with Crippen molar-refractivity contribution < 1.29 is 14.4 Å². The van der Waals surface area contributed by atoms with E-state index in [1.165, 1.54) is 11.1 Å². The van der Waals surface area contributed by atoms with Gasteiger partial charge in [-0.2, -0.15) is 0 Å². The molecule has 0 amide bonds. The molecule has 0 atom stereocenters. The van der Waals surface area contributed by atoms with Gasteiger partial charge in [-0.1, -0.05) is 60.7 Å². The first-order valence-electron chi connectivity index (χ1n) is 5.88. The van der Waals surface area contributed by atoms with Crippen LogP contribution in [0.25, 0.3) is 11.1 Å². The molecule has 102 valence electrons. The molecule has 2 rings (SSSR count). The minimum Gasteiger partial charge on any atom is -0.330 e. The molecule has 2 aromatic carbocycles. The van der Waals surface area contributed by atoms with Gasteiger partial charge in [-0.25, -0.2) is 0 Å². The Morgan fingerprint density at radius 3 is 1.42 bits per heavy atom. The van der Waals surface area contributed by atoms with Crippen LogP contribution in [0.5, 0.6) is 0 Å². The summed E-state index contributed by atoms with van der Waals surface area (Å²) in [6.07, 6.45) is -0.215. The fraction of sp³-hybridized carbons (Fsp3) is 0.143. The van der Waals surface area contributed by atoms with Gasteiger partial charge >= 0.3 is 7.60 Å². The lowest BCUT2D eigenvalue weighted by molar-refractivity contribution is 0.373. The van der Waals surface area contributed by atoms with E-state index in [9.17, 15) is 4.57 Å². The minimum atomic E-state index is -3.79. The summed E-state index contributed by atoms with van der Waals surface area (Å²) in [5, 5.41) is 0. The third-order valence-corrected chi connectivity index (χ3v) is 3.14. The molecule has 0 spiro atoms. The molecule has 0 aromatic heterocycles. The van der Waals surface area contributed by atoms with Gasteiger partial charge in [-0.15, -0.1) is 0 Å². The van der Waals surface area contributed by atoms with E-state index in [-0.39, 0.29) is 12.7 Å². The second-order valence-electron chi connectivity index (χ2n) is 3.91. The van der Waals surface area contributed by atoms with Gasteiger partial charge in [0.25, 0.3) is 0 Å². The monoisotopic (exact) mass is 279 g/mol. The van der Waals surface area contributed by atoms with Gasteiger partial charge in [0.05, 0.1) is 6.16 Å². The SMILES string of the molecule is NCCP(=O)(O)O.c1ccc(-c2ccccc2)cc1. The normalized spacial score (nSPS) is 10.5. The Hall–Kier alpha value is -1.45. The molecule has 19 heavy (non-hydrogen) atoms. The van der Waals surface area contributed by atoms with Crippen molar-refractivity contribution in [2.24, 2.45) is 5.73 Å². The second-order valence-corrected chi connectivity index (χ2v) is 5.69. The maximum Gasteiger partial charge on any atom is 0.326 e. The topological polar surface area (TPSA) is 83.6 Å². The Balaban J connectivity index is 0.000000224. The summed E-state index contributed by atoms with van der Waals surface area (Å²) >= 11 is 0. The maximum atomic E-state index is 9.85. The van der Waals surface area contributed by atoms with Crippen LogP contribution >= 0.6 is 7.60 Å². The van der Waals surface area contributed by atoms with Gasteiger partial charge in [0.2, 0.25) is 0 Å². The molecule has 0 heterocycles. The van der Waals surface area contributed by atoms with E-state index in [1.807, 2.05) is 12.1 Å².